The molecule has 2 aliphatic rings. The number of aryl methyl sites for hydroxylation is 2. The Morgan fingerprint density at radius 1 is 1.11 bits per heavy atom. The lowest BCUT2D eigenvalue weighted by Crippen LogP contribution is -2.32. The highest BCUT2D eigenvalue weighted by molar-refractivity contribution is 5.76. The fourth-order valence-electron chi connectivity index (χ4n) is 5.66. The molecule has 38 heavy (non-hydrogen) atoms. The Hall–Kier alpha value is -3.58. The van der Waals surface area contributed by atoms with Gasteiger partial charge in [-0.3, -0.25) is 4.79 Å². The van der Waals surface area contributed by atoms with Crippen LogP contribution in [-0.4, -0.2) is 35.0 Å². The highest BCUT2D eigenvalue weighted by atomic mass is 19.1. The van der Waals surface area contributed by atoms with Crippen LogP contribution in [0.1, 0.15) is 66.5 Å². The van der Waals surface area contributed by atoms with E-state index in [-0.39, 0.29) is 24.8 Å². The molecule has 2 N–H and O–H groups in total. The van der Waals surface area contributed by atoms with Crippen LogP contribution < -0.4 is 14.2 Å². The first kappa shape index (κ1) is 26.0. The summed E-state index contributed by atoms with van der Waals surface area (Å²) in [7, 11) is 0. The summed E-state index contributed by atoms with van der Waals surface area (Å²) in [6, 6.07) is 12.7. The molecule has 0 bridgehead atoms. The zero-order valence-electron chi connectivity index (χ0n) is 22.1. The number of ether oxygens (including phenoxy) is 3. The Balaban J connectivity index is 1.43. The number of aliphatic hydroxyl groups excluding tert-OH is 1. The predicted molar refractivity (Wildman–Crippen MR) is 142 cm³/mol. The lowest BCUT2D eigenvalue weighted by molar-refractivity contribution is -0.137. The molecule has 200 valence electrons. The molecule has 6 nitrogen and oxygen atoms in total. The van der Waals surface area contributed by atoms with Crippen LogP contribution in [0.5, 0.6) is 17.2 Å². The SMILES string of the molecule is Cc1cc(OC(C)(C)CO)cc(C)c1-c1ccc(F)c2c1CC[C@H]2Oc1ccc2c(c1)OCC2CC(=O)O. The second-order valence-electron chi connectivity index (χ2n) is 10.9. The highest BCUT2D eigenvalue weighted by Crippen LogP contribution is 2.45. The number of carboxylic acid groups (broad SMARTS) is 1. The summed E-state index contributed by atoms with van der Waals surface area (Å²) in [6.07, 6.45) is 0.909. The molecule has 1 heterocycles. The van der Waals surface area contributed by atoms with E-state index in [1.165, 1.54) is 6.07 Å². The van der Waals surface area contributed by atoms with Gasteiger partial charge in [-0.25, -0.2) is 4.39 Å². The number of hydrogen-bond donors (Lipinski definition) is 2. The van der Waals surface area contributed by atoms with Crippen LogP contribution in [0, 0.1) is 19.7 Å². The predicted octanol–water partition coefficient (Wildman–Crippen LogP) is 6.28. The summed E-state index contributed by atoms with van der Waals surface area (Å²) >= 11 is 0. The van der Waals surface area contributed by atoms with Gasteiger partial charge in [0.15, 0.2) is 0 Å². The van der Waals surface area contributed by atoms with E-state index in [2.05, 4.69) is 0 Å². The Morgan fingerprint density at radius 3 is 2.53 bits per heavy atom. The third-order valence-corrected chi connectivity index (χ3v) is 7.40. The standard InChI is InChI=1S/C31H33FO6/c1-17-11-21(38-31(3,4)16-33)12-18(2)29(17)23-7-9-25(32)30-24(23)8-10-26(30)37-20-5-6-22-19(13-28(34)35)15-36-27(22)14-20/h5-7,9,11-12,14,19,26,33H,8,10,13,15-16H2,1-4H3,(H,34,35)/t19?,26-/m1/s1. The van der Waals surface area contributed by atoms with Gasteiger partial charge in [0, 0.05) is 23.1 Å². The monoisotopic (exact) mass is 520 g/mol. The minimum absolute atomic E-state index is 0.0162. The van der Waals surface area contributed by atoms with Gasteiger partial charge in [0.05, 0.1) is 19.6 Å². The lowest BCUT2D eigenvalue weighted by Gasteiger charge is -2.25. The summed E-state index contributed by atoms with van der Waals surface area (Å²) in [5.74, 6) is 0.559. The molecule has 1 aliphatic heterocycles. The van der Waals surface area contributed by atoms with E-state index < -0.39 is 17.7 Å². The molecule has 2 atom stereocenters. The molecule has 0 spiro atoms. The smallest absolute Gasteiger partial charge is 0.304 e. The summed E-state index contributed by atoms with van der Waals surface area (Å²) < 4.78 is 33.2. The van der Waals surface area contributed by atoms with E-state index in [0.29, 0.717) is 42.3 Å². The van der Waals surface area contributed by atoms with Crippen LogP contribution in [0.15, 0.2) is 42.5 Å². The molecular weight excluding hydrogens is 487 g/mol. The summed E-state index contributed by atoms with van der Waals surface area (Å²) in [5.41, 5.74) is 5.76. The van der Waals surface area contributed by atoms with Gasteiger partial charge in [-0.2, -0.15) is 0 Å². The Morgan fingerprint density at radius 2 is 1.84 bits per heavy atom. The molecule has 3 aromatic rings. The van der Waals surface area contributed by atoms with Gasteiger partial charge in [-0.05, 0) is 92.6 Å². The molecule has 0 aromatic heterocycles. The van der Waals surface area contributed by atoms with Crippen molar-refractivity contribution in [2.24, 2.45) is 0 Å². The molecule has 0 radical (unpaired) electrons. The Kier molecular flexibility index (Phi) is 6.82. The van der Waals surface area contributed by atoms with Crippen molar-refractivity contribution in [3.05, 3.63) is 76.1 Å². The van der Waals surface area contributed by atoms with Crippen molar-refractivity contribution in [3.8, 4) is 28.4 Å². The molecule has 5 rings (SSSR count). The average molecular weight is 521 g/mol. The first-order valence-corrected chi connectivity index (χ1v) is 12.9. The summed E-state index contributed by atoms with van der Waals surface area (Å²) in [4.78, 5) is 11.1. The van der Waals surface area contributed by atoms with Crippen LogP contribution in [0.2, 0.25) is 0 Å². The number of carbonyl (C=O) groups is 1. The number of fused-ring (bicyclic) bond motifs is 2. The van der Waals surface area contributed by atoms with E-state index in [0.717, 1.165) is 33.4 Å². The number of halogens is 1. The maximum atomic E-state index is 15.2. The topological polar surface area (TPSA) is 85.2 Å². The van der Waals surface area contributed by atoms with Crippen molar-refractivity contribution in [1.82, 2.24) is 0 Å². The molecule has 0 fully saturated rings. The molecular formula is C31H33FO6. The number of benzene rings is 3. The first-order chi connectivity index (χ1) is 18.1. The number of rotatable bonds is 8. The minimum Gasteiger partial charge on any atom is -0.492 e. The van der Waals surface area contributed by atoms with Crippen LogP contribution >= 0.6 is 0 Å². The quantitative estimate of drug-likeness (QED) is 0.364. The van der Waals surface area contributed by atoms with E-state index in [4.69, 9.17) is 19.3 Å². The van der Waals surface area contributed by atoms with Crippen LogP contribution in [0.4, 0.5) is 4.39 Å². The van der Waals surface area contributed by atoms with Crippen LogP contribution in [0.3, 0.4) is 0 Å². The molecule has 7 heteroatoms. The van der Waals surface area contributed by atoms with Gasteiger partial charge in [-0.15, -0.1) is 0 Å². The number of hydrogen-bond acceptors (Lipinski definition) is 5. The van der Waals surface area contributed by atoms with Crippen molar-refractivity contribution < 1.29 is 33.6 Å². The van der Waals surface area contributed by atoms with E-state index >= 15 is 4.39 Å². The van der Waals surface area contributed by atoms with Gasteiger partial charge in [0.2, 0.25) is 0 Å². The lowest BCUT2D eigenvalue weighted by atomic mass is 9.90. The highest BCUT2D eigenvalue weighted by Gasteiger charge is 2.32. The average Bonchev–Trinajstić information content (AvgIpc) is 3.44. The molecule has 3 aromatic carbocycles. The maximum absolute atomic E-state index is 15.2. The van der Waals surface area contributed by atoms with Crippen molar-refractivity contribution >= 4 is 5.97 Å². The van der Waals surface area contributed by atoms with Crippen molar-refractivity contribution in [1.29, 1.82) is 0 Å². The van der Waals surface area contributed by atoms with Crippen LogP contribution in [0.25, 0.3) is 11.1 Å². The van der Waals surface area contributed by atoms with Crippen molar-refractivity contribution in [2.75, 3.05) is 13.2 Å². The molecule has 0 saturated heterocycles. The van der Waals surface area contributed by atoms with E-state index in [1.807, 2.05) is 58.0 Å². The van der Waals surface area contributed by atoms with Crippen molar-refractivity contribution in [3.63, 3.8) is 0 Å². The minimum atomic E-state index is -0.859. The number of aliphatic carboxylic acids is 1. The fraction of sp³-hybridized carbons (Fsp3) is 0.387. The van der Waals surface area contributed by atoms with E-state index in [1.54, 1.807) is 6.07 Å². The number of aliphatic hydroxyl groups is 1. The summed E-state index contributed by atoms with van der Waals surface area (Å²) in [6.45, 7) is 7.93. The van der Waals surface area contributed by atoms with Gasteiger partial charge >= 0.3 is 5.97 Å². The molecule has 0 amide bonds. The van der Waals surface area contributed by atoms with Gasteiger partial charge in [0.25, 0.3) is 0 Å². The Labute approximate surface area is 222 Å². The van der Waals surface area contributed by atoms with E-state index in [9.17, 15) is 9.90 Å². The Bertz CT molecular complexity index is 1370. The molecule has 0 saturated carbocycles. The largest absolute Gasteiger partial charge is 0.492 e. The van der Waals surface area contributed by atoms with Crippen molar-refractivity contribution in [2.45, 2.75) is 64.6 Å². The van der Waals surface area contributed by atoms with Gasteiger partial charge in [-0.1, -0.05) is 12.1 Å². The van der Waals surface area contributed by atoms with Gasteiger partial charge in [0.1, 0.15) is 34.8 Å². The zero-order valence-corrected chi connectivity index (χ0v) is 22.1. The molecule has 1 unspecified atom stereocenters. The van der Waals surface area contributed by atoms with Crippen LogP contribution in [-0.2, 0) is 11.2 Å². The molecule has 1 aliphatic carbocycles. The van der Waals surface area contributed by atoms with Gasteiger partial charge < -0.3 is 24.4 Å². The summed E-state index contributed by atoms with van der Waals surface area (Å²) in [5, 5.41) is 18.7. The maximum Gasteiger partial charge on any atom is 0.304 e. The first-order valence-electron chi connectivity index (χ1n) is 12.9. The third kappa shape index (κ3) is 4.95. The fourth-order valence-corrected chi connectivity index (χ4v) is 5.66. The second-order valence-corrected chi connectivity index (χ2v) is 10.9. The zero-order chi connectivity index (χ0) is 27.2. The number of carboxylic acids is 1. The third-order valence-electron chi connectivity index (χ3n) is 7.40. The normalized spacial score (nSPS) is 18.1. The second kappa shape index (κ2) is 9.95.